The van der Waals surface area contributed by atoms with Gasteiger partial charge in [-0.15, -0.1) is 0 Å². The maximum absolute atomic E-state index is 5.51. The van der Waals surface area contributed by atoms with Gasteiger partial charge >= 0.3 is 0 Å². The molecule has 0 aromatic carbocycles. The van der Waals surface area contributed by atoms with Crippen molar-refractivity contribution in [3.63, 3.8) is 0 Å². The van der Waals surface area contributed by atoms with Crippen LogP contribution in [0.3, 0.4) is 0 Å². The van der Waals surface area contributed by atoms with Gasteiger partial charge in [-0.25, -0.2) is 0 Å². The van der Waals surface area contributed by atoms with Crippen LogP contribution in [-0.4, -0.2) is 29.0 Å². The van der Waals surface area contributed by atoms with Crippen molar-refractivity contribution in [1.82, 2.24) is 10.2 Å². The first-order valence-electron chi connectivity index (χ1n) is 5.64. The zero-order valence-electron chi connectivity index (χ0n) is 9.63. The lowest BCUT2D eigenvalue weighted by Gasteiger charge is -2.15. The van der Waals surface area contributed by atoms with E-state index in [9.17, 15) is 0 Å². The standard InChI is InChI=1S/C11H19N3O/c1-4-9-7(2)11(14-13-9)12-10-5-6-15-8(10)3/h8,10H,4-6H2,1-3H3,(H2,12,13,14)/t8-,10+/m0/s1. The minimum absolute atomic E-state index is 0.283. The highest BCUT2D eigenvalue weighted by molar-refractivity contribution is 5.46. The monoisotopic (exact) mass is 209 g/mol. The maximum atomic E-state index is 5.51. The number of hydrogen-bond acceptors (Lipinski definition) is 3. The molecule has 0 spiro atoms. The molecule has 2 heterocycles. The molecule has 2 atom stereocenters. The summed E-state index contributed by atoms with van der Waals surface area (Å²) in [6.07, 6.45) is 2.35. The Labute approximate surface area is 90.4 Å². The third kappa shape index (κ3) is 2.00. The number of aromatic amines is 1. The molecule has 15 heavy (non-hydrogen) atoms. The van der Waals surface area contributed by atoms with Crippen LogP contribution in [0.25, 0.3) is 0 Å². The van der Waals surface area contributed by atoms with Crippen molar-refractivity contribution in [3.8, 4) is 0 Å². The second kappa shape index (κ2) is 4.23. The minimum atomic E-state index is 0.283. The molecule has 4 nitrogen and oxygen atoms in total. The van der Waals surface area contributed by atoms with Crippen LogP contribution in [0.5, 0.6) is 0 Å². The molecule has 1 fully saturated rings. The second-order valence-electron chi connectivity index (χ2n) is 4.14. The van der Waals surface area contributed by atoms with E-state index >= 15 is 0 Å². The van der Waals surface area contributed by atoms with Crippen molar-refractivity contribution in [1.29, 1.82) is 0 Å². The number of anilines is 1. The van der Waals surface area contributed by atoms with Gasteiger partial charge in [-0.05, 0) is 26.7 Å². The van der Waals surface area contributed by atoms with Crippen molar-refractivity contribution in [3.05, 3.63) is 11.3 Å². The Kier molecular flexibility index (Phi) is 2.95. The molecule has 0 saturated carbocycles. The first-order valence-corrected chi connectivity index (χ1v) is 5.64. The van der Waals surface area contributed by atoms with Crippen LogP contribution in [0.2, 0.25) is 0 Å². The Balaban J connectivity index is 2.07. The lowest BCUT2D eigenvalue weighted by atomic mass is 10.1. The summed E-state index contributed by atoms with van der Waals surface area (Å²) in [5.74, 6) is 0.981. The van der Waals surface area contributed by atoms with E-state index in [1.54, 1.807) is 0 Å². The molecule has 1 aliphatic heterocycles. The van der Waals surface area contributed by atoms with Gasteiger partial charge in [0.15, 0.2) is 5.82 Å². The van der Waals surface area contributed by atoms with Crippen LogP contribution in [0.15, 0.2) is 0 Å². The number of nitrogens with zero attached hydrogens (tertiary/aromatic N) is 1. The summed E-state index contributed by atoms with van der Waals surface area (Å²) in [5, 5.41) is 10.8. The number of nitrogens with one attached hydrogen (secondary N) is 2. The topological polar surface area (TPSA) is 49.9 Å². The summed E-state index contributed by atoms with van der Waals surface area (Å²) in [6, 6.07) is 0.400. The first-order chi connectivity index (χ1) is 7.22. The fourth-order valence-corrected chi connectivity index (χ4v) is 2.02. The van der Waals surface area contributed by atoms with Gasteiger partial charge < -0.3 is 10.1 Å². The maximum Gasteiger partial charge on any atom is 0.151 e. The molecule has 2 N–H and O–H groups in total. The van der Waals surface area contributed by atoms with Gasteiger partial charge in [0.05, 0.1) is 12.1 Å². The predicted molar refractivity (Wildman–Crippen MR) is 60.1 cm³/mol. The molecule has 1 aliphatic rings. The molecule has 2 rings (SSSR count). The summed E-state index contributed by atoms with van der Waals surface area (Å²) in [6.45, 7) is 7.19. The summed E-state index contributed by atoms with van der Waals surface area (Å²) in [5.41, 5.74) is 2.45. The molecule has 1 aromatic heterocycles. The van der Waals surface area contributed by atoms with Crippen LogP contribution in [0.4, 0.5) is 5.82 Å². The molecule has 0 aliphatic carbocycles. The Morgan fingerprint density at radius 3 is 2.93 bits per heavy atom. The van der Waals surface area contributed by atoms with Gasteiger partial charge in [0.25, 0.3) is 0 Å². The average molecular weight is 209 g/mol. The highest BCUT2D eigenvalue weighted by Gasteiger charge is 2.25. The van der Waals surface area contributed by atoms with Crippen molar-refractivity contribution in [2.75, 3.05) is 11.9 Å². The summed E-state index contributed by atoms with van der Waals surface area (Å²) < 4.78 is 5.51. The fourth-order valence-electron chi connectivity index (χ4n) is 2.02. The quantitative estimate of drug-likeness (QED) is 0.799. The predicted octanol–water partition coefficient (Wildman–Crippen LogP) is 1.87. The third-order valence-corrected chi connectivity index (χ3v) is 3.16. The van der Waals surface area contributed by atoms with Gasteiger partial charge in [-0.3, -0.25) is 5.10 Å². The summed E-state index contributed by atoms with van der Waals surface area (Å²) >= 11 is 0. The Morgan fingerprint density at radius 2 is 2.40 bits per heavy atom. The summed E-state index contributed by atoms with van der Waals surface area (Å²) in [7, 11) is 0. The van der Waals surface area contributed by atoms with Gasteiger partial charge in [0.1, 0.15) is 0 Å². The van der Waals surface area contributed by atoms with Crippen molar-refractivity contribution in [2.24, 2.45) is 0 Å². The van der Waals surface area contributed by atoms with E-state index in [0.29, 0.717) is 6.04 Å². The van der Waals surface area contributed by atoms with Crippen molar-refractivity contribution < 1.29 is 4.74 Å². The van der Waals surface area contributed by atoms with E-state index in [1.807, 2.05) is 0 Å². The number of aromatic nitrogens is 2. The highest BCUT2D eigenvalue weighted by Crippen LogP contribution is 2.21. The third-order valence-electron chi connectivity index (χ3n) is 3.16. The largest absolute Gasteiger partial charge is 0.376 e. The first kappa shape index (κ1) is 10.5. The minimum Gasteiger partial charge on any atom is -0.376 e. The molecule has 0 amide bonds. The van der Waals surface area contributed by atoms with Gasteiger partial charge in [0.2, 0.25) is 0 Å². The van der Waals surface area contributed by atoms with Crippen LogP contribution in [-0.2, 0) is 11.2 Å². The highest BCUT2D eigenvalue weighted by atomic mass is 16.5. The fraction of sp³-hybridized carbons (Fsp3) is 0.727. The van der Waals surface area contributed by atoms with Crippen molar-refractivity contribution >= 4 is 5.82 Å². The zero-order chi connectivity index (χ0) is 10.8. The molecular weight excluding hydrogens is 190 g/mol. The van der Waals surface area contributed by atoms with Gasteiger partial charge in [-0.1, -0.05) is 6.92 Å². The van der Waals surface area contributed by atoms with Crippen LogP contribution >= 0.6 is 0 Å². The molecule has 1 saturated heterocycles. The van der Waals surface area contributed by atoms with E-state index in [4.69, 9.17) is 4.74 Å². The molecule has 84 valence electrons. The van der Waals surface area contributed by atoms with Crippen molar-refractivity contribution in [2.45, 2.75) is 45.8 Å². The molecule has 0 bridgehead atoms. The van der Waals surface area contributed by atoms with E-state index in [-0.39, 0.29) is 6.10 Å². The Morgan fingerprint density at radius 1 is 1.60 bits per heavy atom. The second-order valence-corrected chi connectivity index (χ2v) is 4.14. The van der Waals surface area contributed by atoms with E-state index in [0.717, 1.165) is 25.3 Å². The lowest BCUT2D eigenvalue weighted by molar-refractivity contribution is 0.121. The number of rotatable bonds is 3. The Hall–Kier alpha value is -1.03. The molecule has 0 unspecified atom stereocenters. The molecule has 4 heteroatoms. The summed E-state index contributed by atoms with van der Waals surface area (Å²) in [4.78, 5) is 0. The van der Waals surface area contributed by atoms with E-state index in [2.05, 4.69) is 36.3 Å². The SMILES string of the molecule is CCc1[nH]nc(N[C@@H]2CCO[C@H]2C)c1C. The van der Waals surface area contributed by atoms with Crippen LogP contribution in [0.1, 0.15) is 31.5 Å². The van der Waals surface area contributed by atoms with Crippen LogP contribution in [0, 0.1) is 6.92 Å². The van der Waals surface area contributed by atoms with E-state index < -0.39 is 0 Å². The number of ether oxygens (including phenoxy) is 1. The number of hydrogen-bond donors (Lipinski definition) is 2. The lowest BCUT2D eigenvalue weighted by Crippen LogP contribution is -2.27. The number of aryl methyl sites for hydroxylation is 1. The number of H-pyrrole nitrogens is 1. The molecular formula is C11H19N3O. The normalized spacial score (nSPS) is 25.8. The molecule has 0 radical (unpaired) electrons. The average Bonchev–Trinajstić information content (AvgIpc) is 2.77. The smallest absolute Gasteiger partial charge is 0.151 e. The van der Waals surface area contributed by atoms with Crippen LogP contribution < -0.4 is 5.32 Å². The van der Waals surface area contributed by atoms with Gasteiger partial charge in [0, 0.05) is 17.9 Å². The van der Waals surface area contributed by atoms with E-state index in [1.165, 1.54) is 11.3 Å². The Bertz CT molecular complexity index is 335. The molecule has 1 aromatic rings. The zero-order valence-corrected chi connectivity index (χ0v) is 9.63. The van der Waals surface area contributed by atoms with Gasteiger partial charge in [-0.2, -0.15) is 5.10 Å².